The molecule has 4 nitrogen and oxygen atoms in total. The van der Waals surface area contributed by atoms with E-state index in [1.807, 2.05) is 19.9 Å². The number of carboxylic acids is 1. The van der Waals surface area contributed by atoms with Crippen molar-refractivity contribution in [1.82, 2.24) is 4.98 Å². The van der Waals surface area contributed by atoms with Gasteiger partial charge >= 0.3 is 5.97 Å². The van der Waals surface area contributed by atoms with Crippen LogP contribution in [0.15, 0.2) is 18.2 Å². The highest BCUT2D eigenvalue weighted by molar-refractivity contribution is 5.81. The predicted octanol–water partition coefficient (Wildman–Crippen LogP) is 2.38. The highest BCUT2D eigenvalue weighted by atomic mass is 16.5. The van der Waals surface area contributed by atoms with Crippen LogP contribution in [0, 0.1) is 0 Å². The van der Waals surface area contributed by atoms with E-state index in [1.165, 1.54) is 0 Å². The van der Waals surface area contributed by atoms with Crippen molar-refractivity contribution in [3.05, 3.63) is 23.9 Å². The molecule has 0 atom stereocenters. The molecule has 0 aliphatic heterocycles. The molecule has 0 unspecified atom stereocenters. The molecular weight excluding hydrogens is 218 g/mol. The van der Waals surface area contributed by atoms with Crippen LogP contribution in [0.5, 0.6) is 5.88 Å². The average molecular weight is 235 g/mol. The number of rotatable bonds is 4. The standard InChI is InChI=1S/C13H17NO3/c1-9(2)17-11-6-3-5-10(14-11)13(12(15)16)7-4-8-13/h3,5-6,9H,4,7-8H2,1-2H3,(H,15,16). The minimum absolute atomic E-state index is 0.0416. The number of hydrogen-bond acceptors (Lipinski definition) is 3. The first kappa shape index (κ1) is 11.9. The van der Waals surface area contributed by atoms with E-state index in [0.29, 0.717) is 24.4 Å². The van der Waals surface area contributed by atoms with Crippen molar-refractivity contribution in [2.75, 3.05) is 0 Å². The molecule has 17 heavy (non-hydrogen) atoms. The Bertz CT molecular complexity index is 424. The molecular formula is C13H17NO3. The van der Waals surface area contributed by atoms with Crippen LogP contribution in [0.3, 0.4) is 0 Å². The summed E-state index contributed by atoms with van der Waals surface area (Å²) in [6.45, 7) is 3.84. The Kier molecular flexibility index (Phi) is 3.05. The fraction of sp³-hybridized carbons (Fsp3) is 0.538. The van der Waals surface area contributed by atoms with Crippen LogP contribution in [-0.2, 0) is 10.2 Å². The van der Waals surface area contributed by atoms with Crippen LogP contribution >= 0.6 is 0 Å². The SMILES string of the molecule is CC(C)Oc1cccc(C2(C(=O)O)CCC2)n1. The van der Waals surface area contributed by atoms with E-state index in [9.17, 15) is 9.90 Å². The van der Waals surface area contributed by atoms with Gasteiger partial charge in [-0.1, -0.05) is 12.5 Å². The second-order valence-electron chi connectivity index (χ2n) is 4.77. The molecule has 0 spiro atoms. The van der Waals surface area contributed by atoms with Crippen molar-refractivity contribution in [2.24, 2.45) is 0 Å². The molecule has 1 aromatic heterocycles. The Morgan fingerprint density at radius 2 is 2.18 bits per heavy atom. The molecule has 1 fully saturated rings. The fourth-order valence-corrected chi connectivity index (χ4v) is 2.10. The van der Waals surface area contributed by atoms with E-state index < -0.39 is 11.4 Å². The molecule has 0 aromatic carbocycles. The van der Waals surface area contributed by atoms with E-state index in [2.05, 4.69) is 4.98 Å². The number of carbonyl (C=O) groups is 1. The van der Waals surface area contributed by atoms with Crippen LogP contribution in [0.1, 0.15) is 38.8 Å². The maximum Gasteiger partial charge on any atom is 0.315 e. The highest BCUT2D eigenvalue weighted by Crippen LogP contribution is 2.43. The zero-order chi connectivity index (χ0) is 12.5. The Labute approximate surface area is 101 Å². The van der Waals surface area contributed by atoms with E-state index in [-0.39, 0.29) is 6.10 Å². The van der Waals surface area contributed by atoms with Gasteiger partial charge < -0.3 is 9.84 Å². The lowest BCUT2D eigenvalue weighted by Crippen LogP contribution is -2.43. The predicted molar refractivity (Wildman–Crippen MR) is 63.2 cm³/mol. The molecule has 1 aliphatic carbocycles. The fourth-order valence-electron chi connectivity index (χ4n) is 2.10. The Hall–Kier alpha value is -1.58. The van der Waals surface area contributed by atoms with E-state index in [1.54, 1.807) is 12.1 Å². The number of nitrogens with zero attached hydrogens (tertiary/aromatic N) is 1. The molecule has 1 heterocycles. The summed E-state index contributed by atoms with van der Waals surface area (Å²) in [7, 11) is 0. The molecule has 1 aromatic rings. The van der Waals surface area contributed by atoms with Gasteiger partial charge in [-0.15, -0.1) is 0 Å². The van der Waals surface area contributed by atoms with Gasteiger partial charge in [-0.3, -0.25) is 4.79 Å². The summed E-state index contributed by atoms with van der Waals surface area (Å²) in [5, 5.41) is 9.33. The smallest absolute Gasteiger partial charge is 0.315 e. The Morgan fingerprint density at radius 3 is 2.65 bits per heavy atom. The Balaban J connectivity index is 2.29. The normalized spacial score (nSPS) is 17.6. The van der Waals surface area contributed by atoms with Crippen LogP contribution in [0.2, 0.25) is 0 Å². The largest absolute Gasteiger partial charge is 0.481 e. The van der Waals surface area contributed by atoms with E-state index >= 15 is 0 Å². The third-order valence-electron chi connectivity index (χ3n) is 3.19. The second kappa shape index (κ2) is 4.35. The van der Waals surface area contributed by atoms with Gasteiger partial charge in [0, 0.05) is 6.07 Å². The van der Waals surface area contributed by atoms with Gasteiger partial charge in [-0.25, -0.2) is 4.98 Å². The summed E-state index contributed by atoms with van der Waals surface area (Å²) < 4.78 is 5.49. The summed E-state index contributed by atoms with van der Waals surface area (Å²) in [6, 6.07) is 5.35. The van der Waals surface area contributed by atoms with Crippen molar-refractivity contribution in [3.63, 3.8) is 0 Å². The van der Waals surface area contributed by atoms with Gasteiger partial charge in [0.1, 0.15) is 5.41 Å². The number of carboxylic acid groups (broad SMARTS) is 1. The molecule has 0 saturated heterocycles. The van der Waals surface area contributed by atoms with Crippen LogP contribution in [0.25, 0.3) is 0 Å². The summed E-state index contributed by atoms with van der Waals surface area (Å²) in [5.74, 6) is -0.275. The molecule has 0 bridgehead atoms. The van der Waals surface area contributed by atoms with Gasteiger partial charge in [0.15, 0.2) is 0 Å². The molecule has 0 amide bonds. The van der Waals surface area contributed by atoms with Gasteiger partial charge in [0.2, 0.25) is 5.88 Å². The van der Waals surface area contributed by atoms with Crippen molar-refractivity contribution < 1.29 is 14.6 Å². The lowest BCUT2D eigenvalue weighted by atomic mass is 9.66. The first-order valence-corrected chi connectivity index (χ1v) is 5.92. The minimum Gasteiger partial charge on any atom is -0.481 e. The third-order valence-corrected chi connectivity index (χ3v) is 3.19. The molecule has 1 aliphatic rings. The topological polar surface area (TPSA) is 59.4 Å². The zero-order valence-electron chi connectivity index (χ0n) is 10.1. The molecule has 2 rings (SSSR count). The van der Waals surface area contributed by atoms with E-state index in [0.717, 1.165) is 6.42 Å². The monoisotopic (exact) mass is 235 g/mol. The number of hydrogen-bond donors (Lipinski definition) is 1. The van der Waals surface area contributed by atoms with Gasteiger partial charge in [-0.2, -0.15) is 0 Å². The maximum atomic E-state index is 11.4. The quantitative estimate of drug-likeness (QED) is 0.870. The van der Waals surface area contributed by atoms with Crippen molar-refractivity contribution in [2.45, 2.75) is 44.6 Å². The molecule has 92 valence electrons. The van der Waals surface area contributed by atoms with Crippen molar-refractivity contribution in [3.8, 4) is 5.88 Å². The van der Waals surface area contributed by atoms with Crippen LogP contribution < -0.4 is 4.74 Å². The van der Waals surface area contributed by atoms with Crippen LogP contribution in [-0.4, -0.2) is 22.2 Å². The minimum atomic E-state index is -0.781. The van der Waals surface area contributed by atoms with Crippen molar-refractivity contribution in [1.29, 1.82) is 0 Å². The number of pyridine rings is 1. The molecule has 4 heteroatoms. The third kappa shape index (κ3) is 2.12. The molecule has 0 radical (unpaired) electrons. The lowest BCUT2D eigenvalue weighted by molar-refractivity contribution is -0.147. The average Bonchev–Trinajstić information content (AvgIpc) is 2.14. The summed E-state index contributed by atoms with van der Waals surface area (Å²) in [6.07, 6.45) is 2.32. The molecule has 1 N–H and O–H groups in total. The Morgan fingerprint density at radius 1 is 1.47 bits per heavy atom. The van der Waals surface area contributed by atoms with Gasteiger partial charge in [0.05, 0.1) is 11.8 Å². The number of aromatic nitrogens is 1. The summed E-state index contributed by atoms with van der Waals surface area (Å²) >= 11 is 0. The lowest BCUT2D eigenvalue weighted by Gasteiger charge is -2.37. The first-order chi connectivity index (χ1) is 8.04. The number of ether oxygens (including phenoxy) is 1. The van der Waals surface area contributed by atoms with Crippen LogP contribution in [0.4, 0.5) is 0 Å². The highest BCUT2D eigenvalue weighted by Gasteiger charge is 2.47. The summed E-state index contributed by atoms with van der Waals surface area (Å²) in [4.78, 5) is 15.7. The van der Waals surface area contributed by atoms with E-state index in [4.69, 9.17) is 4.74 Å². The zero-order valence-corrected chi connectivity index (χ0v) is 10.1. The van der Waals surface area contributed by atoms with Gasteiger partial charge in [0.25, 0.3) is 0 Å². The van der Waals surface area contributed by atoms with Gasteiger partial charge in [-0.05, 0) is 32.8 Å². The number of aliphatic carboxylic acids is 1. The second-order valence-corrected chi connectivity index (χ2v) is 4.77. The first-order valence-electron chi connectivity index (χ1n) is 5.92. The summed E-state index contributed by atoms with van der Waals surface area (Å²) in [5.41, 5.74) is -0.162. The molecule has 1 saturated carbocycles. The maximum absolute atomic E-state index is 11.4. The van der Waals surface area contributed by atoms with Crippen molar-refractivity contribution >= 4 is 5.97 Å².